The smallest absolute Gasteiger partial charge is 0.195 e. The summed E-state index contributed by atoms with van der Waals surface area (Å²) in [6.07, 6.45) is 3.02. The van der Waals surface area contributed by atoms with E-state index in [2.05, 4.69) is 41.4 Å². The summed E-state index contributed by atoms with van der Waals surface area (Å²) in [5.41, 5.74) is 9.63. The number of fused-ring (bicyclic) bond motifs is 1. The highest BCUT2D eigenvalue weighted by Gasteiger charge is 2.10. The molecule has 0 aliphatic carbocycles. The van der Waals surface area contributed by atoms with E-state index in [1.807, 2.05) is 28.8 Å². The van der Waals surface area contributed by atoms with Gasteiger partial charge in [0.1, 0.15) is 0 Å². The molecule has 2 N–H and O–H groups in total. The van der Waals surface area contributed by atoms with Crippen molar-refractivity contribution in [2.45, 2.75) is 24.5 Å². The van der Waals surface area contributed by atoms with Crippen molar-refractivity contribution >= 4 is 17.4 Å². The van der Waals surface area contributed by atoms with E-state index < -0.39 is 0 Å². The molecule has 108 valence electrons. The first kappa shape index (κ1) is 14.1. The zero-order chi connectivity index (χ0) is 14.7. The number of rotatable bonds is 5. The van der Waals surface area contributed by atoms with Crippen molar-refractivity contribution in [3.05, 3.63) is 59.8 Å². The van der Waals surface area contributed by atoms with Crippen LogP contribution in [0.2, 0.25) is 0 Å². The van der Waals surface area contributed by atoms with E-state index in [1.54, 1.807) is 11.8 Å². The fourth-order valence-corrected chi connectivity index (χ4v) is 3.09. The largest absolute Gasteiger partial charge is 0.323 e. The standard InChI is InChI=1S/C16H18N4S/c1-2-12-6-8-13(9-7-12)14(17)11-21-16-19-18-15-5-3-4-10-20(15)16/h3-10,14H,2,11,17H2,1H3. The Morgan fingerprint density at radius 2 is 1.95 bits per heavy atom. The van der Waals surface area contributed by atoms with E-state index in [0.717, 1.165) is 28.5 Å². The van der Waals surface area contributed by atoms with Gasteiger partial charge in [-0.3, -0.25) is 4.40 Å². The van der Waals surface area contributed by atoms with Crippen molar-refractivity contribution in [3.8, 4) is 0 Å². The average Bonchev–Trinajstić information content (AvgIpc) is 2.96. The lowest BCUT2D eigenvalue weighted by atomic mass is 10.1. The molecule has 0 aliphatic heterocycles. The molecule has 5 heteroatoms. The Bertz CT molecular complexity index is 720. The predicted octanol–water partition coefficient (Wildman–Crippen LogP) is 3.08. The van der Waals surface area contributed by atoms with Gasteiger partial charge in [0, 0.05) is 18.0 Å². The Labute approximate surface area is 128 Å². The SMILES string of the molecule is CCc1ccc(C(N)CSc2nnc3ccccn23)cc1. The molecule has 21 heavy (non-hydrogen) atoms. The second-order valence-corrected chi connectivity index (χ2v) is 5.91. The van der Waals surface area contributed by atoms with Gasteiger partial charge in [-0.25, -0.2) is 0 Å². The molecule has 0 fully saturated rings. The molecule has 0 aliphatic rings. The van der Waals surface area contributed by atoms with Crippen molar-refractivity contribution in [3.63, 3.8) is 0 Å². The number of aromatic nitrogens is 3. The summed E-state index contributed by atoms with van der Waals surface area (Å²) in [4.78, 5) is 0. The molecule has 1 atom stereocenters. The molecule has 0 spiro atoms. The minimum absolute atomic E-state index is 0.00281. The topological polar surface area (TPSA) is 56.2 Å². The number of aryl methyl sites for hydroxylation is 1. The van der Waals surface area contributed by atoms with Gasteiger partial charge in [-0.2, -0.15) is 0 Å². The molecule has 0 bridgehead atoms. The molecule has 3 aromatic rings. The fraction of sp³-hybridized carbons (Fsp3) is 0.250. The summed E-state index contributed by atoms with van der Waals surface area (Å²) in [5, 5.41) is 9.23. The maximum Gasteiger partial charge on any atom is 0.195 e. The highest BCUT2D eigenvalue weighted by Crippen LogP contribution is 2.22. The minimum atomic E-state index is -0.00281. The van der Waals surface area contributed by atoms with Gasteiger partial charge in [-0.05, 0) is 29.7 Å². The number of nitrogens with zero attached hydrogens (tertiary/aromatic N) is 3. The normalized spacial score (nSPS) is 12.7. The summed E-state index contributed by atoms with van der Waals surface area (Å²) >= 11 is 1.63. The van der Waals surface area contributed by atoms with Crippen LogP contribution in [0.25, 0.3) is 5.65 Å². The average molecular weight is 298 g/mol. The van der Waals surface area contributed by atoms with E-state index in [1.165, 1.54) is 5.56 Å². The molecule has 4 nitrogen and oxygen atoms in total. The van der Waals surface area contributed by atoms with Crippen LogP contribution in [0.4, 0.5) is 0 Å². The number of hydrogen-bond acceptors (Lipinski definition) is 4. The van der Waals surface area contributed by atoms with Gasteiger partial charge in [0.05, 0.1) is 0 Å². The Balaban J connectivity index is 1.68. The number of benzene rings is 1. The zero-order valence-corrected chi connectivity index (χ0v) is 12.8. The molecule has 1 unspecified atom stereocenters. The molecule has 0 radical (unpaired) electrons. The second kappa shape index (κ2) is 6.28. The first-order valence-electron chi connectivity index (χ1n) is 7.05. The molecule has 2 aromatic heterocycles. The van der Waals surface area contributed by atoms with Gasteiger partial charge in [0.15, 0.2) is 10.8 Å². The molecule has 0 saturated heterocycles. The number of pyridine rings is 1. The number of thioether (sulfide) groups is 1. The lowest BCUT2D eigenvalue weighted by molar-refractivity contribution is 0.823. The summed E-state index contributed by atoms with van der Waals surface area (Å²) in [6, 6.07) is 14.4. The Morgan fingerprint density at radius 3 is 2.71 bits per heavy atom. The van der Waals surface area contributed by atoms with Crippen LogP contribution < -0.4 is 5.73 Å². The van der Waals surface area contributed by atoms with Crippen LogP contribution in [0, 0.1) is 0 Å². The van der Waals surface area contributed by atoms with Gasteiger partial charge in [0.2, 0.25) is 0 Å². The number of hydrogen-bond donors (Lipinski definition) is 1. The van der Waals surface area contributed by atoms with Crippen LogP contribution in [-0.4, -0.2) is 20.4 Å². The Kier molecular flexibility index (Phi) is 4.22. The molecule has 3 rings (SSSR count). The van der Waals surface area contributed by atoms with Gasteiger partial charge in [0.25, 0.3) is 0 Å². The van der Waals surface area contributed by atoms with E-state index >= 15 is 0 Å². The molecular weight excluding hydrogens is 280 g/mol. The highest BCUT2D eigenvalue weighted by atomic mass is 32.2. The van der Waals surface area contributed by atoms with Crippen molar-refractivity contribution in [2.24, 2.45) is 5.73 Å². The Morgan fingerprint density at radius 1 is 1.14 bits per heavy atom. The van der Waals surface area contributed by atoms with Gasteiger partial charge in [-0.15, -0.1) is 10.2 Å². The van der Waals surface area contributed by atoms with Crippen LogP contribution in [0.15, 0.2) is 53.8 Å². The van der Waals surface area contributed by atoms with E-state index in [9.17, 15) is 0 Å². The third-order valence-electron chi connectivity index (χ3n) is 3.49. The quantitative estimate of drug-likeness (QED) is 0.735. The predicted molar refractivity (Wildman–Crippen MR) is 86.5 cm³/mol. The van der Waals surface area contributed by atoms with Crippen LogP contribution in [0.1, 0.15) is 24.1 Å². The summed E-state index contributed by atoms with van der Waals surface area (Å²) in [6.45, 7) is 2.15. The second-order valence-electron chi connectivity index (χ2n) is 4.92. The maximum absolute atomic E-state index is 6.27. The monoisotopic (exact) mass is 298 g/mol. The van der Waals surface area contributed by atoms with Crippen molar-refractivity contribution in [1.82, 2.24) is 14.6 Å². The number of nitrogens with two attached hydrogens (primary N) is 1. The minimum Gasteiger partial charge on any atom is -0.323 e. The van der Waals surface area contributed by atoms with Gasteiger partial charge in [-0.1, -0.05) is 49.0 Å². The first-order valence-corrected chi connectivity index (χ1v) is 8.03. The van der Waals surface area contributed by atoms with Crippen molar-refractivity contribution in [1.29, 1.82) is 0 Å². The van der Waals surface area contributed by atoms with Gasteiger partial charge >= 0.3 is 0 Å². The third-order valence-corrected chi connectivity index (χ3v) is 4.55. The molecule has 1 aromatic carbocycles. The molecular formula is C16H18N4S. The van der Waals surface area contributed by atoms with Crippen LogP contribution in [0.5, 0.6) is 0 Å². The highest BCUT2D eigenvalue weighted by molar-refractivity contribution is 7.99. The molecule has 2 heterocycles. The van der Waals surface area contributed by atoms with Crippen LogP contribution in [0.3, 0.4) is 0 Å². The maximum atomic E-state index is 6.27. The van der Waals surface area contributed by atoms with Crippen molar-refractivity contribution < 1.29 is 0 Å². The third kappa shape index (κ3) is 3.09. The lowest BCUT2D eigenvalue weighted by Gasteiger charge is -2.11. The van der Waals surface area contributed by atoms with Crippen LogP contribution in [-0.2, 0) is 6.42 Å². The summed E-state index contributed by atoms with van der Waals surface area (Å²) in [7, 11) is 0. The fourth-order valence-electron chi connectivity index (χ4n) is 2.18. The van der Waals surface area contributed by atoms with Crippen molar-refractivity contribution in [2.75, 3.05) is 5.75 Å². The molecule has 0 saturated carbocycles. The summed E-state index contributed by atoms with van der Waals surface area (Å²) < 4.78 is 1.98. The van der Waals surface area contributed by atoms with Gasteiger partial charge < -0.3 is 5.73 Å². The zero-order valence-electron chi connectivity index (χ0n) is 11.9. The lowest BCUT2D eigenvalue weighted by Crippen LogP contribution is -2.13. The van der Waals surface area contributed by atoms with E-state index in [0.29, 0.717) is 0 Å². The van der Waals surface area contributed by atoms with E-state index in [4.69, 9.17) is 5.73 Å². The van der Waals surface area contributed by atoms with Crippen LogP contribution >= 0.6 is 11.8 Å². The molecule has 0 amide bonds. The summed E-state index contributed by atoms with van der Waals surface area (Å²) in [5.74, 6) is 0.779. The Hall–Kier alpha value is -1.85. The van der Waals surface area contributed by atoms with E-state index in [-0.39, 0.29) is 6.04 Å². The first-order chi connectivity index (χ1) is 10.3.